The summed E-state index contributed by atoms with van der Waals surface area (Å²) in [6, 6.07) is 0. The van der Waals surface area contributed by atoms with Gasteiger partial charge in [0.2, 0.25) is 5.78 Å². The summed E-state index contributed by atoms with van der Waals surface area (Å²) in [5.41, 5.74) is 8.00. The minimum absolute atomic E-state index is 0.101. The summed E-state index contributed by atoms with van der Waals surface area (Å²) in [7, 11) is 1.18. The number of rotatable bonds is 3. The SMILES string of the molecule is COC(=O)CC(=O)C(C)=[N+]=[N-]. The Morgan fingerprint density at radius 1 is 1.55 bits per heavy atom. The molecule has 0 radical (unpaired) electrons. The van der Waals surface area contributed by atoms with Gasteiger partial charge in [-0.05, 0) is 0 Å². The van der Waals surface area contributed by atoms with Gasteiger partial charge in [-0.1, -0.05) is 0 Å². The molecule has 0 unspecified atom stereocenters. The third-order valence-electron chi connectivity index (χ3n) is 1.09. The van der Waals surface area contributed by atoms with Gasteiger partial charge in [-0.25, -0.2) is 0 Å². The molecule has 0 aliphatic heterocycles. The van der Waals surface area contributed by atoms with Gasteiger partial charge in [0.05, 0.1) is 7.11 Å². The first-order valence-electron chi connectivity index (χ1n) is 2.90. The fourth-order valence-electron chi connectivity index (χ4n) is 0.387. The molecule has 0 aromatic rings. The molecule has 5 nitrogen and oxygen atoms in total. The molecular formula is C6H8N2O3. The van der Waals surface area contributed by atoms with E-state index in [1.165, 1.54) is 14.0 Å². The maximum Gasteiger partial charge on any atom is 0.331 e. The molecule has 0 heterocycles. The summed E-state index contributed by atoms with van der Waals surface area (Å²) in [4.78, 5) is 23.8. The number of Topliss-reactive ketones (excluding diaryl/α,β-unsaturated/α-hetero) is 1. The van der Waals surface area contributed by atoms with Crippen LogP contribution in [0.3, 0.4) is 0 Å². The molecule has 0 aliphatic rings. The van der Waals surface area contributed by atoms with E-state index in [4.69, 9.17) is 5.53 Å². The fraction of sp³-hybridized carbons (Fsp3) is 0.500. The Kier molecular flexibility index (Phi) is 3.77. The van der Waals surface area contributed by atoms with Crippen LogP contribution in [0.4, 0.5) is 0 Å². The second-order valence-electron chi connectivity index (χ2n) is 1.86. The minimum atomic E-state index is -0.641. The van der Waals surface area contributed by atoms with Gasteiger partial charge >= 0.3 is 11.7 Å². The van der Waals surface area contributed by atoms with E-state index in [-0.39, 0.29) is 12.1 Å². The molecule has 60 valence electrons. The first kappa shape index (κ1) is 9.52. The van der Waals surface area contributed by atoms with Crippen molar-refractivity contribution in [3.8, 4) is 0 Å². The van der Waals surface area contributed by atoms with Crippen LogP contribution < -0.4 is 0 Å². The van der Waals surface area contributed by atoms with E-state index in [2.05, 4.69) is 9.53 Å². The number of hydrogen-bond acceptors (Lipinski definition) is 3. The van der Waals surface area contributed by atoms with Crippen LogP contribution in [0.1, 0.15) is 13.3 Å². The van der Waals surface area contributed by atoms with Gasteiger partial charge in [-0.15, -0.1) is 0 Å². The van der Waals surface area contributed by atoms with Gasteiger partial charge < -0.3 is 10.3 Å². The van der Waals surface area contributed by atoms with Gasteiger partial charge in [0.1, 0.15) is 6.42 Å². The van der Waals surface area contributed by atoms with Crippen LogP contribution in [0, 0.1) is 0 Å². The van der Waals surface area contributed by atoms with Crippen molar-refractivity contribution < 1.29 is 19.1 Å². The molecule has 0 spiro atoms. The summed E-state index contributed by atoms with van der Waals surface area (Å²) in [5, 5.41) is 0. The molecule has 0 amide bonds. The zero-order valence-electron chi connectivity index (χ0n) is 6.33. The van der Waals surface area contributed by atoms with Crippen LogP contribution in [-0.4, -0.2) is 29.4 Å². The number of carbonyl (C=O) groups excluding carboxylic acids is 2. The number of carbonyl (C=O) groups is 2. The molecule has 0 bridgehead atoms. The van der Waals surface area contributed by atoms with Crippen molar-refractivity contribution in [1.29, 1.82) is 0 Å². The van der Waals surface area contributed by atoms with Crippen molar-refractivity contribution in [2.45, 2.75) is 13.3 Å². The molecule has 0 atom stereocenters. The highest BCUT2D eigenvalue weighted by atomic mass is 16.5. The lowest BCUT2D eigenvalue weighted by Gasteiger charge is -1.91. The average Bonchev–Trinajstić information content (AvgIpc) is 2.02. The molecule has 11 heavy (non-hydrogen) atoms. The van der Waals surface area contributed by atoms with Gasteiger partial charge in [-0.2, -0.15) is 4.79 Å². The zero-order chi connectivity index (χ0) is 8.85. The van der Waals surface area contributed by atoms with Crippen molar-refractivity contribution in [2.24, 2.45) is 0 Å². The van der Waals surface area contributed by atoms with E-state index in [0.717, 1.165) is 0 Å². The third-order valence-corrected chi connectivity index (χ3v) is 1.09. The highest BCUT2D eigenvalue weighted by Gasteiger charge is 2.17. The summed E-state index contributed by atoms with van der Waals surface area (Å²) in [5.74, 6) is -1.18. The lowest BCUT2D eigenvalue weighted by Crippen LogP contribution is -2.16. The quantitative estimate of drug-likeness (QED) is 0.187. The predicted molar refractivity (Wildman–Crippen MR) is 35.9 cm³/mol. The van der Waals surface area contributed by atoms with Crippen LogP contribution >= 0.6 is 0 Å². The van der Waals surface area contributed by atoms with Crippen molar-refractivity contribution >= 4 is 17.5 Å². The first-order valence-corrected chi connectivity index (χ1v) is 2.90. The number of hydrogen-bond donors (Lipinski definition) is 0. The van der Waals surface area contributed by atoms with Crippen LogP contribution in [-0.2, 0) is 14.3 Å². The Labute approximate surface area is 63.6 Å². The Morgan fingerprint density at radius 2 is 2.09 bits per heavy atom. The topological polar surface area (TPSA) is 79.8 Å². The molecular weight excluding hydrogens is 148 g/mol. The van der Waals surface area contributed by atoms with Crippen LogP contribution in [0.5, 0.6) is 0 Å². The number of ether oxygens (including phenoxy) is 1. The highest BCUT2D eigenvalue weighted by Crippen LogP contribution is 1.87. The van der Waals surface area contributed by atoms with Crippen LogP contribution in [0.15, 0.2) is 0 Å². The highest BCUT2D eigenvalue weighted by molar-refractivity contribution is 6.39. The first-order chi connectivity index (χ1) is 5.11. The molecule has 0 fully saturated rings. The molecule has 0 aromatic heterocycles. The normalized spacial score (nSPS) is 8.18. The fourth-order valence-corrected chi connectivity index (χ4v) is 0.387. The number of methoxy groups -OCH3 is 1. The second kappa shape index (κ2) is 4.35. The van der Waals surface area contributed by atoms with Gasteiger partial charge in [0.15, 0.2) is 0 Å². The van der Waals surface area contributed by atoms with Crippen molar-refractivity contribution in [2.75, 3.05) is 7.11 Å². The van der Waals surface area contributed by atoms with E-state index >= 15 is 0 Å². The Hall–Kier alpha value is -1.48. The van der Waals surface area contributed by atoms with E-state index in [1.807, 2.05) is 0 Å². The van der Waals surface area contributed by atoms with Crippen molar-refractivity contribution in [3.63, 3.8) is 0 Å². The molecule has 0 N–H and O–H groups in total. The standard InChI is InChI=1S/C6H8N2O3/c1-4(8-7)5(9)3-6(10)11-2/h3H2,1-2H3. The second-order valence-corrected chi connectivity index (χ2v) is 1.86. The van der Waals surface area contributed by atoms with E-state index < -0.39 is 11.8 Å². The van der Waals surface area contributed by atoms with Crippen LogP contribution in [0.25, 0.3) is 5.53 Å². The lowest BCUT2D eigenvalue weighted by molar-refractivity contribution is -0.142. The monoisotopic (exact) mass is 156 g/mol. The lowest BCUT2D eigenvalue weighted by atomic mass is 10.2. The number of ketones is 1. The number of nitrogens with zero attached hydrogens (tertiary/aromatic N) is 2. The van der Waals surface area contributed by atoms with E-state index in [9.17, 15) is 9.59 Å². The average molecular weight is 156 g/mol. The molecule has 0 saturated carbocycles. The zero-order valence-corrected chi connectivity index (χ0v) is 6.33. The molecule has 0 rings (SSSR count). The van der Waals surface area contributed by atoms with Crippen molar-refractivity contribution in [3.05, 3.63) is 5.53 Å². The predicted octanol–water partition coefficient (Wildman–Crippen LogP) is -0.191. The molecule has 0 saturated heterocycles. The smallest absolute Gasteiger partial charge is 0.331 e. The Bertz CT molecular complexity index is 228. The summed E-state index contributed by atoms with van der Waals surface area (Å²) in [6.07, 6.45) is -0.383. The Balaban J connectivity index is 4.09. The Morgan fingerprint density at radius 3 is 2.45 bits per heavy atom. The molecule has 0 aromatic carbocycles. The maximum absolute atomic E-state index is 10.8. The van der Waals surface area contributed by atoms with E-state index in [1.54, 1.807) is 0 Å². The summed E-state index contributed by atoms with van der Waals surface area (Å²) in [6.45, 7) is 1.31. The van der Waals surface area contributed by atoms with Gasteiger partial charge in [0, 0.05) is 6.92 Å². The minimum Gasteiger partial charge on any atom is -0.469 e. The largest absolute Gasteiger partial charge is 0.469 e. The van der Waals surface area contributed by atoms with Gasteiger partial charge in [-0.3, -0.25) is 9.59 Å². The molecule has 0 aliphatic carbocycles. The summed E-state index contributed by atoms with van der Waals surface area (Å²) < 4.78 is 4.22. The van der Waals surface area contributed by atoms with Crippen LogP contribution in [0.2, 0.25) is 0 Å². The van der Waals surface area contributed by atoms with Gasteiger partial charge in [0.25, 0.3) is 0 Å². The van der Waals surface area contributed by atoms with E-state index in [0.29, 0.717) is 0 Å². The third kappa shape index (κ3) is 3.27. The number of esters is 1. The maximum atomic E-state index is 10.8. The van der Waals surface area contributed by atoms with Crippen molar-refractivity contribution in [1.82, 2.24) is 0 Å². The summed E-state index contributed by atoms with van der Waals surface area (Å²) >= 11 is 0. The molecule has 5 heteroatoms.